The molecule has 164 valence electrons. The lowest BCUT2D eigenvalue weighted by atomic mass is 9.97. The van der Waals surface area contributed by atoms with Gasteiger partial charge in [-0.1, -0.05) is 46.7 Å². The summed E-state index contributed by atoms with van der Waals surface area (Å²) in [6.07, 6.45) is 2.74. The van der Waals surface area contributed by atoms with Gasteiger partial charge in [0.25, 0.3) is 0 Å². The fraction of sp³-hybridized carbons (Fsp3) is 0.300. The average molecular weight is 516 g/mol. The minimum absolute atomic E-state index is 0.173. The zero-order valence-corrected chi connectivity index (χ0v) is 20.4. The molecule has 31 heavy (non-hydrogen) atoms. The van der Waals surface area contributed by atoms with Crippen molar-refractivity contribution in [3.8, 4) is 0 Å². The summed E-state index contributed by atoms with van der Waals surface area (Å²) >= 11 is 15.0. The van der Waals surface area contributed by atoms with Crippen LogP contribution in [0.4, 0.5) is 5.13 Å². The maximum atomic E-state index is 13.1. The maximum absolute atomic E-state index is 13.1. The van der Waals surface area contributed by atoms with E-state index in [9.17, 15) is 13.2 Å². The van der Waals surface area contributed by atoms with Crippen molar-refractivity contribution >= 4 is 77.6 Å². The summed E-state index contributed by atoms with van der Waals surface area (Å²) in [5.41, 5.74) is 0.558. The van der Waals surface area contributed by atoms with Gasteiger partial charge in [0.05, 0.1) is 19.6 Å². The highest BCUT2D eigenvalue weighted by molar-refractivity contribution is 7.99. The number of aromatic nitrogens is 1. The summed E-state index contributed by atoms with van der Waals surface area (Å²) < 4.78 is 28.3. The first-order valence-electron chi connectivity index (χ1n) is 9.50. The van der Waals surface area contributed by atoms with E-state index in [1.54, 1.807) is 30.3 Å². The van der Waals surface area contributed by atoms with Crippen LogP contribution in [0.3, 0.4) is 0 Å². The summed E-state index contributed by atoms with van der Waals surface area (Å²) in [6.45, 7) is 0.585. The van der Waals surface area contributed by atoms with E-state index >= 15 is 0 Å². The van der Waals surface area contributed by atoms with Gasteiger partial charge < -0.3 is 5.32 Å². The van der Waals surface area contributed by atoms with Gasteiger partial charge in [-0.2, -0.15) is 4.31 Å². The number of hydrogen-bond donors (Lipinski definition) is 1. The number of hydrogen-bond acceptors (Lipinski definition) is 6. The summed E-state index contributed by atoms with van der Waals surface area (Å²) in [5, 5.41) is 4.27. The predicted molar refractivity (Wildman–Crippen MR) is 128 cm³/mol. The van der Waals surface area contributed by atoms with E-state index in [4.69, 9.17) is 23.2 Å². The Bertz CT molecular complexity index is 1200. The van der Waals surface area contributed by atoms with E-state index in [1.165, 1.54) is 27.4 Å². The third kappa shape index (κ3) is 4.58. The number of carbonyl (C=O) groups is 1. The molecule has 2 heterocycles. The number of thiazole rings is 1. The molecule has 1 fully saturated rings. The minimum Gasteiger partial charge on any atom is -0.302 e. The van der Waals surface area contributed by atoms with Crippen LogP contribution in [0.15, 0.2) is 46.2 Å². The molecule has 1 aliphatic heterocycles. The molecule has 0 radical (unpaired) electrons. The van der Waals surface area contributed by atoms with Crippen LogP contribution in [0.5, 0.6) is 0 Å². The van der Waals surface area contributed by atoms with Crippen molar-refractivity contribution in [2.24, 2.45) is 5.92 Å². The first-order chi connectivity index (χ1) is 14.8. The number of sulfonamides is 1. The molecule has 0 saturated carbocycles. The van der Waals surface area contributed by atoms with Gasteiger partial charge in [0.2, 0.25) is 15.9 Å². The highest BCUT2D eigenvalue weighted by atomic mass is 35.5. The molecule has 1 N–H and O–H groups in total. The molecule has 1 aromatic heterocycles. The number of fused-ring (bicyclic) bond motifs is 1. The van der Waals surface area contributed by atoms with Crippen molar-refractivity contribution in [1.82, 2.24) is 9.29 Å². The van der Waals surface area contributed by atoms with E-state index in [0.29, 0.717) is 51.5 Å². The molecule has 4 rings (SSSR count). The number of rotatable bonds is 5. The number of thioether (sulfide) groups is 1. The zero-order valence-electron chi connectivity index (χ0n) is 16.5. The third-order valence-electron chi connectivity index (χ3n) is 5.19. The fourth-order valence-electron chi connectivity index (χ4n) is 3.54. The third-order valence-corrected chi connectivity index (χ3v) is 9.81. The Morgan fingerprint density at radius 3 is 2.52 bits per heavy atom. The lowest BCUT2D eigenvalue weighted by Crippen LogP contribution is -2.41. The molecule has 1 aliphatic rings. The zero-order chi connectivity index (χ0) is 22.2. The van der Waals surface area contributed by atoms with E-state index in [1.807, 2.05) is 12.3 Å². The monoisotopic (exact) mass is 515 g/mol. The SMILES string of the molecule is CSc1ccccc1S(=O)(=O)N1CCC(C(=O)Nc2nc3c(Cl)ccc(Cl)c3s2)CC1. The van der Waals surface area contributed by atoms with Gasteiger partial charge in [0.1, 0.15) is 5.52 Å². The Morgan fingerprint density at radius 1 is 1.16 bits per heavy atom. The van der Waals surface area contributed by atoms with Crippen molar-refractivity contribution in [2.75, 3.05) is 24.7 Å². The average Bonchev–Trinajstić information content (AvgIpc) is 3.21. The normalized spacial score (nSPS) is 16.0. The standard InChI is InChI=1S/C20H19Cl2N3O3S3/c1-29-15-4-2-3-5-16(15)31(27,28)25-10-8-12(9-11-25)19(26)24-20-23-17-13(21)6-7-14(22)18(17)30-20/h2-7,12H,8-11H2,1H3,(H,23,24,26). The van der Waals surface area contributed by atoms with Crippen molar-refractivity contribution in [1.29, 1.82) is 0 Å². The van der Waals surface area contributed by atoms with Crippen LogP contribution >= 0.6 is 46.3 Å². The maximum Gasteiger partial charge on any atom is 0.244 e. The van der Waals surface area contributed by atoms with Gasteiger partial charge in [-0.3, -0.25) is 4.79 Å². The van der Waals surface area contributed by atoms with Gasteiger partial charge in [-0.25, -0.2) is 13.4 Å². The van der Waals surface area contributed by atoms with Crippen LogP contribution in [0.1, 0.15) is 12.8 Å². The second-order valence-corrected chi connectivity index (χ2v) is 11.6. The molecule has 3 aromatic rings. The molecule has 0 unspecified atom stereocenters. The highest BCUT2D eigenvalue weighted by Crippen LogP contribution is 2.36. The van der Waals surface area contributed by atoms with Gasteiger partial charge in [-0.05, 0) is 43.4 Å². The number of nitrogens with one attached hydrogen (secondary N) is 1. The molecular weight excluding hydrogens is 497 g/mol. The summed E-state index contributed by atoms with van der Waals surface area (Å²) in [5.74, 6) is -0.465. The molecule has 1 saturated heterocycles. The van der Waals surface area contributed by atoms with Gasteiger partial charge in [0.15, 0.2) is 5.13 Å². The molecule has 0 atom stereocenters. The van der Waals surface area contributed by atoms with Crippen molar-refractivity contribution < 1.29 is 13.2 Å². The van der Waals surface area contributed by atoms with Crippen molar-refractivity contribution in [3.63, 3.8) is 0 Å². The summed E-state index contributed by atoms with van der Waals surface area (Å²) in [7, 11) is -3.60. The largest absolute Gasteiger partial charge is 0.302 e. The van der Waals surface area contributed by atoms with Crippen LogP contribution in [0.2, 0.25) is 10.0 Å². The number of benzene rings is 2. The van der Waals surface area contributed by atoms with E-state index in [-0.39, 0.29) is 11.8 Å². The fourth-order valence-corrected chi connectivity index (χ4v) is 7.55. The lowest BCUT2D eigenvalue weighted by Gasteiger charge is -2.30. The van der Waals surface area contributed by atoms with Gasteiger partial charge in [-0.15, -0.1) is 11.8 Å². The van der Waals surface area contributed by atoms with Crippen LogP contribution in [0.25, 0.3) is 10.2 Å². The van der Waals surface area contributed by atoms with Gasteiger partial charge in [0, 0.05) is 23.9 Å². The van der Waals surface area contributed by atoms with E-state index in [2.05, 4.69) is 10.3 Å². The second kappa shape index (κ2) is 9.25. The first-order valence-corrected chi connectivity index (χ1v) is 13.7. The molecule has 1 amide bonds. The van der Waals surface area contributed by atoms with Crippen LogP contribution in [-0.4, -0.2) is 43.0 Å². The number of halogens is 2. The predicted octanol–water partition coefficient (Wildman–Crippen LogP) is 5.36. The second-order valence-electron chi connectivity index (χ2n) is 7.04. The van der Waals surface area contributed by atoms with Crippen molar-refractivity contribution in [3.05, 3.63) is 46.4 Å². The highest BCUT2D eigenvalue weighted by Gasteiger charge is 2.33. The molecule has 0 aliphatic carbocycles. The van der Waals surface area contributed by atoms with Crippen LogP contribution in [0, 0.1) is 5.92 Å². The molecule has 2 aromatic carbocycles. The number of anilines is 1. The molecule has 11 heteroatoms. The number of amides is 1. The molecular formula is C20H19Cl2N3O3S3. The Morgan fingerprint density at radius 2 is 1.84 bits per heavy atom. The van der Waals surface area contributed by atoms with E-state index < -0.39 is 10.0 Å². The van der Waals surface area contributed by atoms with Crippen LogP contribution in [-0.2, 0) is 14.8 Å². The quantitative estimate of drug-likeness (QED) is 0.462. The summed E-state index contributed by atoms with van der Waals surface area (Å²) in [4.78, 5) is 18.2. The van der Waals surface area contributed by atoms with Gasteiger partial charge >= 0.3 is 0 Å². The Kier molecular flexibility index (Phi) is 6.81. The number of nitrogens with zero attached hydrogens (tertiary/aromatic N) is 2. The molecule has 0 spiro atoms. The lowest BCUT2D eigenvalue weighted by molar-refractivity contribution is -0.120. The summed E-state index contributed by atoms with van der Waals surface area (Å²) in [6, 6.07) is 10.3. The Hall–Kier alpha value is -1.36. The van der Waals surface area contributed by atoms with E-state index in [0.717, 1.165) is 9.60 Å². The first kappa shape index (κ1) is 22.8. The topological polar surface area (TPSA) is 79.4 Å². The van der Waals surface area contributed by atoms with Crippen LogP contribution < -0.4 is 5.32 Å². The Labute approximate surface area is 199 Å². The minimum atomic E-state index is -3.60. The smallest absolute Gasteiger partial charge is 0.244 e. The number of piperidine rings is 1. The number of carbonyl (C=O) groups excluding carboxylic acids is 1. The Balaban J connectivity index is 1.43. The molecule has 6 nitrogen and oxygen atoms in total. The van der Waals surface area contributed by atoms with Crippen molar-refractivity contribution in [2.45, 2.75) is 22.6 Å². The molecule has 0 bridgehead atoms.